The summed E-state index contributed by atoms with van der Waals surface area (Å²) in [5.74, 6) is 1.16. The minimum absolute atomic E-state index is 0.0424. The highest BCUT2D eigenvalue weighted by atomic mass is 19.1. The summed E-state index contributed by atoms with van der Waals surface area (Å²) in [5, 5.41) is 3.18. The third kappa shape index (κ3) is 2.39. The summed E-state index contributed by atoms with van der Waals surface area (Å²) in [4.78, 5) is 4.13. The molecule has 0 fully saturated rings. The number of hydrogen-bond donors (Lipinski definition) is 1. The fraction of sp³-hybridized carbons (Fsp3) is 0.250. The molecule has 2 rings (SSSR count). The molecule has 1 heterocycles. The number of rotatable bonds is 3. The van der Waals surface area contributed by atoms with Gasteiger partial charge < -0.3 is 9.73 Å². The maximum absolute atomic E-state index is 12.7. The summed E-state index contributed by atoms with van der Waals surface area (Å²) < 4.78 is 18.1. The van der Waals surface area contributed by atoms with E-state index in [4.69, 9.17) is 4.42 Å². The molecular weight excluding hydrogens is 207 g/mol. The summed E-state index contributed by atoms with van der Waals surface area (Å²) in [6, 6.07) is 6.15. The molecule has 1 atom stereocenters. The first-order chi connectivity index (χ1) is 7.65. The van der Waals surface area contributed by atoms with Crippen LogP contribution >= 0.6 is 0 Å². The smallest absolute Gasteiger partial charge is 0.216 e. The molecule has 0 saturated carbocycles. The fourth-order valence-electron chi connectivity index (χ4n) is 1.43. The van der Waals surface area contributed by atoms with Crippen LogP contribution in [0.1, 0.15) is 24.6 Å². The van der Waals surface area contributed by atoms with E-state index in [0.717, 1.165) is 11.4 Å². The summed E-state index contributed by atoms with van der Waals surface area (Å²) in [6.07, 6.45) is 1.68. The molecule has 16 heavy (non-hydrogen) atoms. The van der Waals surface area contributed by atoms with E-state index in [0.29, 0.717) is 5.89 Å². The van der Waals surface area contributed by atoms with Crippen LogP contribution in [0.15, 0.2) is 34.9 Å². The van der Waals surface area contributed by atoms with Gasteiger partial charge in [-0.3, -0.25) is 0 Å². The number of hydrogen-bond acceptors (Lipinski definition) is 3. The first-order valence-corrected chi connectivity index (χ1v) is 5.09. The zero-order valence-electron chi connectivity index (χ0n) is 9.20. The molecule has 1 unspecified atom stereocenters. The number of oxazole rings is 1. The Bertz CT molecular complexity index is 464. The summed E-state index contributed by atoms with van der Waals surface area (Å²) in [7, 11) is 0. The van der Waals surface area contributed by atoms with E-state index in [-0.39, 0.29) is 11.9 Å². The number of nitrogens with one attached hydrogen (secondary N) is 1. The third-order valence-electron chi connectivity index (χ3n) is 2.24. The van der Waals surface area contributed by atoms with Crippen molar-refractivity contribution >= 4 is 5.69 Å². The van der Waals surface area contributed by atoms with E-state index < -0.39 is 0 Å². The van der Waals surface area contributed by atoms with Crippen LogP contribution in [0.25, 0.3) is 0 Å². The van der Waals surface area contributed by atoms with E-state index >= 15 is 0 Å². The lowest BCUT2D eigenvalue weighted by Gasteiger charge is -2.11. The van der Waals surface area contributed by atoms with E-state index in [1.807, 2.05) is 13.8 Å². The molecule has 2 aromatic rings. The quantitative estimate of drug-likeness (QED) is 0.862. The maximum Gasteiger partial charge on any atom is 0.216 e. The van der Waals surface area contributed by atoms with Gasteiger partial charge in [0.15, 0.2) is 0 Å². The Morgan fingerprint density at radius 2 is 2.00 bits per heavy atom. The largest absolute Gasteiger partial charge is 0.444 e. The van der Waals surface area contributed by atoms with Crippen LogP contribution < -0.4 is 5.32 Å². The Morgan fingerprint density at radius 1 is 1.31 bits per heavy atom. The van der Waals surface area contributed by atoms with Crippen molar-refractivity contribution in [3.05, 3.63) is 47.9 Å². The van der Waals surface area contributed by atoms with Gasteiger partial charge >= 0.3 is 0 Å². The molecule has 0 bridgehead atoms. The molecule has 1 aromatic carbocycles. The normalized spacial score (nSPS) is 12.4. The van der Waals surface area contributed by atoms with Gasteiger partial charge in [-0.15, -0.1) is 0 Å². The SMILES string of the molecule is Cc1cnc(C(C)Nc2ccc(F)cc2)o1. The predicted molar refractivity (Wildman–Crippen MR) is 59.7 cm³/mol. The topological polar surface area (TPSA) is 38.1 Å². The number of nitrogens with zero attached hydrogens (tertiary/aromatic N) is 1. The average molecular weight is 220 g/mol. The minimum atomic E-state index is -0.245. The molecule has 0 aliphatic rings. The molecule has 1 aromatic heterocycles. The van der Waals surface area contributed by atoms with E-state index in [1.165, 1.54) is 12.1 Å². The number of anilines is 1. The Hall–Kier alpha value is -1.84. The van der Waals surface area contributed by atoms with Crippen LogP contribution in [0.5, 0.6) is 0 Å². The lowest BCUT2D eigenvalue weighted by atomic mass is 10.2. The molecule has 0 amide bonds. The van der Waals surface area contributed by atoms with Crippen molar-refractivity contribution in [1.82, 2.24) is 4.98 Å². The Kier molecular flexibility index (Phi) is 2.90. The molecule has 0 spiro atoms. The molecule has 84 valence electrons. The van der Waals surface area contributed by atoms with Gasteiger partial charge in [0.2, 0.25) is 5.89 Å². The highest BCUT2D eigenvalue weighted by molar-refractivity contribution is 5.44. The van der Waals surface area contributed by atoms with Crippen molar-refractivity contribution in [3.8, 4) is 0 Å². The number of aromatic nitrogens is 1. The standard InChI is InChI=1S/C12H13FN2O/c1-8-7-14-12(16-8)9(2)15-11-5-3-10(13)4-6-11/h3-7,9,15H,1-2H3. The fourth-order valence-corrected chi connectivity index (χ4v) is 1.43. The van der Waals surface area contributed by atoms with Gasteiger partial charge in [-0.1, -0.05) is 0 Å². The molecule has 3 nitrogen and oxygen atoms in total. The summed E-state index contributed by atoms with van der Waals surface area (Å²) in [6.45, 7) is 3.79. The molecule has 1 N–H and O–H groups in total. The van der Waals surface area contributed by atoms with Crippen molar-refractivity contribution in [3.63, 3.8) is 0 Å². The van der Waals surface area contributed by atoms with Crippen molar-refractivity contribution in [2.45, 2.75) is 19.9 Å². The number of benzene rings is 1. The van der Waals surface area contributed by atoms with Crippen molar-refractivity contribution in [2.24, 2.45) is 0 Å². The molecule has 0 saturated heterocycles. The predicted octanol–water partition coefficient (Wildman–Crippen LogP) is 3.30. The van der Waals surface area contributed by atoms with Crippen molar-refractivity contribution in [2.75, 3.05) is 5.32 Å². The average Bonchev–Trinajstić information content (AvgIpc) is 2.68. The Morgan fingerprint density at radius 3 is 2.56 bits per heavy atom. The van der Waals surface area contributed by atoms with E-state index in [9.17, 15) is 4.39 Å². The number of aryl methyl sites for hydroxylation is 1. The van der Waals surface area contributed by atoms with Gasteiger partial charge in [-0.2, -0.15) is 0 Å². The first kappa shape index (κ1) is 10.7. The highest BCUT2D eigenvalue weighted by Gasteiger charge is 2.10. The maximum atomic E-state index is 12.7. The van der Waals surface area contributed by atoms with Gasteiger partial charge in [0.25, 0.3) is 0 Å². The molecular formula is C12H13FN2O. The molecule has 4 heteroatoms. The van der Waals surface area contributed by atoms with Crippen molar-refractivity contribution in [1.29, 1.82) is 0 Å². The summed E-state index contributed by atoms with van der Waals surface area (Å²) >= 11 is 0. The minimum Gasteiger partial charge on any atom is -0.444 e. The molecule has 0 radical (unpaired) electrons. The first-order valence-electron chi connectivity index (χ1n) is 5.09. The zero-order valence-corrected chi connectivity index (χ0v) is 9.20. The monoisotopic (exact) mass is 220 g/mol. The Balaban J connectivity index is 2.07. The van der Waals surface area contributed by atoms with Gasteiger partial charge in [0.05, 0.1) is 6.20 Å². The second-order valence-electron chi connectivity index (χ2n) is 3.68. The lowest BCUT2D eigenvalue weighted by molar-refractivity contribution is 0.453. The van der Waals surface area contributed by atoms with Crippen LogP contribution in [0.3, 0.4) is 0 Å². The van der Waals surface area contributed by atoms with Gasteiger partial charge in [-0.25, -0.2) is 9.37 Å². The second kappa shape index (κ2) is 4.35. The van der Waals surface area contributed by atoms with E-state index in [1.54, 1.807) is 18.3 Å². The number of halogens is 1. The van der Waals surface area contributed by atoms with Crippen LogP contribution in [-0.2, 0) is 0 Å². The molecule has 0 aliphatic heterocycles. The second-order valence-corrected chi connectivity index (χ2v) is 3.68. The van der Waals surface area contributed by atoms with Crippen molar-refractivity contribution < 1.29 is 8.81 Å². The van der Waals surface area contributed by atoms with Crippen LogP contribution in [0.4, 0.5) is 10.1 Å². The van der Waals surface area contributed by atoms with Gasteiger partial charge in [0, 0.05) is 5.69 Å². The van der Waals surface area contributed by atoms with E-state index in [2.05, 4.69) is 10.3 Å². The van der Waals surface area contributed by atoms with Gasteiger partial charge in [-0.05, 0) is 38.1 Å². The van der Waals surface area contributed by atoms with Crippen LogP contribution in [0.2, 0.25) is 0 Å². The molecule has 0 aliphatic carbocycles. The lowest BCUT2D eigenvalue weighted by Crippen LogP contribution is -2.06. The van der Waals surface area contributed by atoms with Crippen LogP contribution in [-0.4, -0.2) is 4.98 Å². The van der Waals surface area contributed by atoms with Gasteiger partial charge in [0.1, 0.15) is 17.6 Å². The Labute approximate surface area is 93.3 Å². The summed E-state index contributed by atoms with van der Waals surface area (Å²) in [5.41, 5.74) is 0.838. The van der Waals surface area contributed by atoms with Crippen LogP contribution in [0, 0.1) is 12.7 Å². The highest BCUT2D eigenvalue weighted by Crippen LogP contribution is 2.18. The zero-order chi connectivity index (χ0) is 11.5. The third-order valence-corrected chi connectivity index (χ3v) is 2.24.